The maximum absolute atomic E-state index is 12.6. The van der Waals surface area contributed by atoms with Crippen molar-refractivity contribution >= 4 is 31.8 Å². The Morgan fingerprint density at radius 2 is 1.88 bits per heavy atom. The second-order valence-electron chi connectivity index (χ2n) is 5.89. The van der Waals surface area contributed by atoms with E-state index in [9.17, 15) is 4.79 Å². The monoisotopic (exact) mass is 337 g/mol. The van der Waals surface area contributed by atoms with Crippen LogP contribution in [0.4, 0.5) is 0 Å². The fraction of sp³-hybridized carbons (Fsp3) is 0.235. The average molecular weight is 337 g/mol. The van der Waals surface area contributed by atoms with Crippen LogP contribution in [0.15, 0.2) is 35.1 Å². The molecule has 0 atom stereocenters. The highest BCUT2D eigenvalue weighted by Gasteiger charge is 2.18. The first-order chi connectivity index (χ1) is 11.6. The van der Waals surface area contributed by atoms with Crippen LogP contribution in [-0.4, -0.2) is 25.0 Å². The molecule has 6 nitrogen and oxygen atoms in total. The second kappa shape index (κ2) is 5.45. The van der Waals surface area contributed by atoms with Crippen molar-refractivity contribution in [3.63, 3.8) is 0 Å². The Kier molecular flexibility index (Phi) is 3.38. The Morgan fingerprint density at radius 3 is 2.58 bits per heavy atom. The predicted molar refractivity (Wildman–Crippen MR) is 95.3 cm³/mol. The molecule has 7 heteroatoms. The van der Waals surface area contributed by atoms with Crippen LogP contribution in [0.25, 0.3) is 31.8 Å². The molecule has 0 radical (unpaired) electrons. The molecule has 0 fully saturated rings. The maximum Gasteiger partial charge on any atom is 0.288 e. The van der Waals surface area contributed by atoms with E-state index in [1.807, 2.05) is 51.1 Å². The summed E-state index contributed by atoms with van der Waals surface area (Å²) in [7, 11) is 0. The van der Waals surface area contributed by atoms with Gasteiger partial charge in [-0.3, -0.25) is 4.79 Å². The van der Waals surface area contributed by atoms with E-state index in [0.717, 1.165) is 21.5 Å². The first kappa shape index (κ1) is 14.9. The summed E-state index contributed by atoms with van der Waals surface area (Å²) in [5.41, 5.74) is 2.22. The van der Waals surface area contributed by atoms with Crippen LogP contribution in [0.1, 0.15) is 25.6 Å². The Hall–Kier alpha value is -2.67. The van der Waals surface area contributed by atoms with Crippen molar-refractivity contribution in [1.82, 2.24) is 25.0 Å². The van der Waals surface area contributed by atoms with Gasteiger partial charge >= 0.3 is 0 Å². The molecule has 0 bridgehead atoms. The number of hydrogen-bond donors (Lipinski definition) is 0. The molecule has 4 aromatic rings. The van der Waals surface area contributed by atoms with Crippen molar-refractivity contribution in [3.05, 3.63) is 46.4 Å². The highest BCUT2D eigenvalue weighted by atomic mass is 32.1. The molecule has 0 saturated heterocycles. The van der Waals surface area contributed by atoms with Gasteiger partial charge in [0, 0.05) is 5.56 Å². The molecule has 120 valence electrons. The van der Waals surface area contributed by atoms with Crippen molar-refractivity contribution in [2.24, 2.45) is 0 Å². The van der Waals surface area contributed by atoms with Crippen molar-refractivity contribution < 1.29 is 0 Å². The zero-order valence-electron chi connectivity index (χ0n) is 13.5. The van der Waals surface area contributed by atoms with Crippen LogP contribution >= 0.6 is 11.3 Å². The summed E-state index contributed by atoms with van der Waals surface area (Å²) in [5.74, 6) is 0.657. The van der Waals surface area contributed by atoms with Crippen molar-refractivity contribution in [2.45, 2.75) is 26.8 Å². The Bertz CT molecular complexity index is 1110. The van der Waals surface area contributed by atoms with E-state index in [1.54, 1.807) is 0 Å². The highest BCUT2D eigenvalue weighted by Crippen LogP contribution is 2.32. The lowest BCUT2D eigenvalue weighted by atomic mass is 10.2. The minimum absolute atomic E-state index is 0.0355. The van der Waals surface area contributed by atoms with Crippen molar-refractivity contribution in [1.29, 1.82) is 0 Å². The third-order valence-corrected chi connectivity index (χ3v) is 4.93. The number of fused-ring (bicyclic) bond motifs is 3. The largest absolute Gasteiger partial charge is 0.288 e. The third kappa shape index (κ3) is 2.20. The average Bonchev–Trinajstić information content (AvgIpc) is 2.95. The predicted octanol–water partition coefficient (Wildman–Crippen LogP) is 3.35. The minimum atomic E-state index is -0.126. The van der Waals surface area contributed by atoms with Crippen molar-refractivity contribution in [2.75, 3.05) is 0 Å². The first-order valence-corrected chi connectivity index (χ1v) is 8.49. The molecule has 0 aliphatic carbocycles. The van der Waals surface area contributed by atoms with Crippen LogP contribution in [-0.2, 0) is 0 Å². The van der Waals surface area contributed by atoms with E-state index in [-0.39, 0.29) is 11.6 Å². The molecule has 0 aliphatic heterocycles. The van der Waals surface area contributed by atoms with Gasteiger partial charge in [-0.25, -0.2) is 14.6 Å². The molecule has 0 amide bonds. The topological polar surface area (TPSA) is 73.6 Å². The molecule has 0 saturated carbocycles. The van der Waals surface area contributed by atoms with Gasteiger partial charge in [-0.15, -0.1) is 16.4 Å². The summed E-state index contributed by atoms with van der Waals surface area (Å²) in [6.07, 6.45) is 0. The molecule has 1 aromatic carbocycles. The quantitative estimate of drug-likeness (QED) is 0.561. The maximum atomic E-state index is 12.6. The van der Waals surface area contributed by atoms with Crippen LogP contribution < -0.4 is 5.56 Å². The summed E-state index contributed by atoms with van der Waals surface area (Å²) in [5, 5.41) is 9.13. The molecule has 0 unspecified atom stereocenters. The van der Waals surface area contributed by atoms with Crippen LogP contribution in [0.5, 0.6) is 0 Å². The smallest absolute Gasteiger partial charge is 0.266 e. The lowest BCUT2D eigenvalue weighted by molar-refractivity contribution is 0.482. The molecule has 0 aliphatic rings. The number of aromatic nitrogens is 5. The van der Waals surface area contributed by atoms with Crippen LogP contribution in [0, 0.1) is 6.92 Å². The molecule has 4 rings (SSSR count). The molecular weight excluding hydrogens is 322 g/mol. The molecule has 3 heterocycles. The normalized spacial score (nSPS) is 11.7. The van der Waals surface area contributed by atoms with Gasteiger partial charge in [-0.2, -0.15) is 0 Å². The van der Waals surface area contributed by atoms with Gasteiger partial charge in [-0.05, 0) is 20.8 Å². The zero-order chi connectivity index (χ0) is 16.8. The van der Waals surface area contributed by atoms with E-state index in [4.69, 9.17) is 0 Å². The van der Waals surface area contributed by atoms with Gasteiger partial charge in [0.2, 0.25) is 0 Å². The molecule has 24 heavy (non-hydrogen) atoms. The van der Waals surface area contributed by atoms with E-state index in [1.165, 1.54) is 16.0 Å². The number of thiophene rings is 1. The molecular formula is C17H15N5OS. The number of nitrogens with zero attached hydrogens (tertiary/aromatic N) is 5. The summed E-state index contributed by atoms with van der Waals surface area (Å²) in [6.45, 7) is 5.74. The summed E-state index contributed by atoms with van der Waals surface area (Å²) in [6, 6.07) is 9.77. The first-order valence-electron chi connectivity index (χ1n) is 7.68. The zero-order valence-corrected chi connectivity index (χ0v) is 14.3. The molecule has 3 aromatic heterocycles. The number of benzene rings is 1. The van der Waals surface area contributed by atoms with Crippen LogP contribution in [0.2, 0.25) is 0 Å². The lowest BCUT2D eigenvalue weighted by Gasteiger charge is -2.05. The SMILES string of the molecule is Cc1nc(-c2ccccc2)nc2sc3c(=O)n(C(C)C)nnc3c12. The molecule has 0 N–H and O–H groups in total. The second-order valence-corrected chi connectivity index (χ2v) is 6.89. The van der Waals surface area contributed by atoms with Crippen molar-refractivity contribution in [3.8, 4) is 11.4 Å². The van der Waals surface area contributed by atoms with Gasteiger partial charge in [-0.1, -0.05) is 35.5 Å². The van der Waals surface area contributed by atoms with Gasteiger partial charge in [0.25, 0.3) is 5.56 Å². The Balaban J connectivity index is 2.04. The number of rotatable bonds is 2. The fourth-order valence-electron chi connectivity index (χ4n) is 2.68. The minimum Gasteiger partial charge on any atom is -0.266 e. The highest BCUT2D eigenvalue weighted by molar-refractivity contribution is 7.25. The van der Waals surface area contributed by atoms with Gasteiger partial charge in [0.1, 0.15) is 15.0 Å². The standard InChI is InChI=1S/C17H15N5OS/c1-9(2)22-17(23)14-13(20-21-22)12-10(3)18-15(19-16(12)24-14)11-7-5-4-6-8-11/h4-9H,1-3H3. The Morgan fingerprint density at radius 1 is 1.12 bits per heavy atom. The van der Waals surface area contributed by atoms with Gasteiger partial charge < -0.3 is 0 Å². The summed E-state index contributed by atoms with van der Waals surface area (Å²) < 4.78 is 1.98. The lowest BCUT2D eigenvalue weighted by Crippen LogP contribution is -2.25. The summed E-state index contributed by atoms with van der Waals surface area (Å²) >= 11 is 1.36. The number of aryl methyl sites for hydroxylation is 1. The van der Waals surface area contributed by atoms with E-state index < -0.39 is 0 Å². The van der Waals surface area contributed by atoms with E-state index in [2.05, 4.69) is 20.3 Å². The fourth-order valence-corrected chi connectivity index (χ4v) is 3.78. The van der Waals surface area contributed by atoms with E-state index in [0.29, 0.717) is 16.0 Å². The van der Waals surface area contributed by atoms with E-state index >= 15 is 0 Å². The molecule has 0 spiro atoms. The van der Waals surface area contributed by atoms with Crippen LogP contribution in [0.3, 0.4) is 0 Å². The number of hydrogen-bond acceptors (Lipinski definition) is 6. The Labute approximate surface area is 141 Å². The summed E-state index contributed by atoms with van der Waals surface area (Å²) in [4.78, 5) is 22.6. The third-order valence-electron chi connectivity index (χ3n) is 3.87. The van der Waals surface area contributed by atoms with Gasteiger partial charge in [0.15, 0.2) is 5.82 Å². The van der Waals surface area contributed by atoms with Gasteiger partial charge in [0.05, 0.1) is 17.1 Å².